The van der Waals surface area contributed by atoms with Gasteiger partial charge in [-0.15, -0.1) is 11.3 Å². The molecule has 1 N–H and O–H groups in total. The molecule has 17 heavy (non-hydrogen) atoms. The van der Waals surface area contributed by atoms with Crippen LogP contribution in [0.15, 0.2) is 6.07 Å². The van der Waals surface area contributed by atoms with E-state index in [9.17, 15) is 5.11 Å². The molecule has 0 saturated carbocycles. The molecule has 1 aromatic heterocycles. The van der Waals surface area contributed by atoms with Gasteiger partial charge in [-0.05, 0) is 37.8 Å². The first kappa shape index (κ1) is 14.7. The van der Waals surface area contributed by atoms with Gasteiger partial charge in [0.05, 0.1) is 6.10 Å². The van der Waals surface area contributed by atoms with Gasteiger partial charge in [0.2, 0.25) is 0 Å². The van der Waals surface area contributed by atoms with Gasteiger partial charge in [0.25, 0.3) is 0 Å². The van der Waals surface area contributed by atoms with Gasteiger partial charge in [-0.25, -0.2) is 0 Å². The maximum Gasteiger partial charge on any atom is 0.0884 e. The van der Waals surface area contributed by atoms with Crippen molar-refractivity contribution in [2.45, 2.75) is 65.9 Å². The summed E-state index contributed by atoms with van der Waals surface area (Å²) in [5.74, 6) is 0.674. The Morgan fingerprint density at radius 3 is 2.47 bits per heavy atom. The van der Waals surface area contributed by atoms with E-state index in [1.165, 1.54) is 36.1 Å². The van der Waals surface area contributed by atoms with E-state index >= 15 is 0 Å². The second-order valence-corrected chi connectivity index (χ2v) is 6.34. The molecule has 0 aromatic carbocycles. The number of hydrogen-bond acceptors (Lipinski definition) is 2. The zero-order valence-electron chi connectivity index (χ0n) is 11.6. The maximum absolute atomic E-state index is 10.3. The van der Waals surface area contributed by atoms with E-state index in [1.54, 1.807) is 11.3 Å². The highest BCUT2D eigenvalue weighted by Gasteiger charge is 2.16. The van der Waals surface area contributed by atoms with Crippen molar-refractivity contribution in [2.75, 3.05) is 0 Å². The van der Waals surface area contributed by atoms with Gasteiger partial charge in [-0.3, -0.25) is 0 Å². The SMILES string of the molecule is CCCCC(CC)CC(O)c1cc(C)c(C)s1. The third-order valence-electron chi connectivity index (χ3n) is 3.61. The van der Waals surface area contributed by atoms with Crippen LogP contribution in [-0.2, 0) is 0 Å². The van der Waals surface area contributed by atoms with Crippen LogP contribution in [0.25, 0.3) is 0 Å². The summed E-state index contributed by atoms with van der Waals surface area (Å²) in [6, 6.07) is 2.15. The lowest BCUT2D eigenvalue weighted by Gasteiger charge is -2.17. The molecule has 0 fully saturated rings. The summed E-state index contributed by atoms with van der Waals surface area (Å²) in [5, 5.41) is 10.3. The van der Waals surface area contributed by atoms with Crippen LogP contribution < -0.4 is 0 Å². The Balaban J connectivity index is 2.54. The number of thiophene rings is 1. The Kier molecular flexibility index (Phi) is 6.21. The second-order valence-electron chi connectivity index (χ2n) is 5.06. The van der Waals surface area contributed by atoms with E-state index in [-0.39, 0.29) is 6.10 Å². The molecule has 0 bridgehead atoms. The number of aliphatic hydroxyl groups is 1. The molecule has 0 aliphatic carbocycles. The summed E-state index contributed by atoms with van der Waals surface area (Å²) in [7, 11) is 0. The minimum Gasteiger partial charge on any atom is -0.388 e. The fourth-order valence-corrected chi connectivity index (χ4v) is 3.22. The van der Waals surface area contributed by atoms with Crippen molar-refractivity contribution in [1.82, 2.24) is 0 Å². The minimum absolute atomic E-state index is 0.255. The largest absolute Gasteiger partial charge is 0.388 e. The van der Waals surface area contributed by atoms with E-state index in [0.29, 0.717) is 5.92 Å². The summed E-state index contributed by atoms with van der Waals surface area (Å²) in [6.07, 6.45) is 5.65. The molecular formula is C15H26OS. The molecule has 0 aliphatic rings. The molecule has 1 aromatic rings. The van der Waals surface area contributed by atoms with Crippen molar-refractivity contribution in [2.24, 2.45) is 5.92 Å². The molecule has 0 aliphatic heterocycles. The average molecular weight is 254 g/mol. The van der Waals surface area contributed by atoms with E-state index in [2.05, 4.69) is 33.8 Å². The van der Waals surface area contributed by atoms with Gasteiger partial charge in [-0.1, -0.05) is 39.5 Å². The van der Waals surface area contributed by atoms with Crippen molar-refractivity contribution in [3.05, 3.63) is 21.4 Å². The average Bonchev–Trinajstić information content (AvgIpc) is 2.65. The van der Waals surface area contributed by atoms with Gasteiger partial charge < -0.3 is 5.11 Å². The lowest BCUT2D eigenvalue weighted by molar-refractivity contribution is 0.142. The van der Waals surface area contributed by atoms with Gasteiger partial charge in [0, 0.05) is 9.75 Å². The number of rotatable bonds is 7. The van der Waals surface area contributed by atoms with Gasteiger partial charge in [-0.2, -0.15) is 0 Å². The molecule has 0 spiro atoms. The van der Waals surface area contributed by atoms with Gasteiger partial charge >= 0.3 is 0 Å². The molecule has 2 unspecified atom stereocenters. The first-order valence-corrected chi connectivity index (χ1v) is 7.65. The van der Waals surface area contributed by atoms with Crippen molar-refractivity contribution in [3.8, 4) is 0 Å². The fourth-order valence-electron chi connectivity index (χ4n) is 2.18. The molecule has 2 atom stereocenters. The standard InChI is InChI=1S/C15H26OS/c1-5-7-8-13(6-2)10-14(16)15-9-11(3)12(4)17-15/h9,13-14,16H,5-8,10H2,1-4H3. The number of aliphatic hydroxyl groups excluding tert-OH is 1. The van der Waals surface area contributed by atoms with E-state index in [4.69, 9.17) is 0 Å². The predicted octanol–water partition coefficient (Wildman–Crippen LogP) is 5.00. The summed E-state index contributed by atoms with van der Waals surface area (Å²) < 4.78 is 0. The highest BCUT2D eigenvalue weighted by atomic mass is 32.1. The van der Waals surface area contributed by atoms with Crippen molar-refractivity contribution in [3.63, 3.8) is 0 Å². The zero-order valence-corrected chi connectivity index (χ0v) is 12.4. The Morgan fingerprint density at radius 1 is 1.29 bits per heavy atom. The van der Waals surface area contributed by atoms with Crippen LogP contribution in [0.3, 0.4) is 0 Å². The minimum atomic E-state index is -0.255. The monoisotopic (exact) mass is 254 g/mol. The second kappa shape index (κ2) is 7.17. The van der Waals surface area contributed by atoms with Crippen LogP contribution >= 0.6 is 11.3 Å². The predicted molar refractivity (Wildman–Crippen MR) is 76.7 cm³/mol. The highest BCUT2D eigenvalue weighted by molar-refractivity contribution is 7.12. The molecule has 1 rings (SSSR count). The fraction of sp³-hybridized carbons (Fsp3) is 0.733. The molecule has 0 radical (unpaired) electrons. The Bertz CT molecular complexity index is 310. The quantitative estimate of drug-likeness (QED) is 0.725. The van der Waals surface area contributed by atoms with Crippen molar-refractivity contribution >= 4 is 11.3 Å². The van der Waals surface area contributed by atoms with Crippen molar-refractivity contribution in [1.29, 1.82) is 0 Å². The van der Waals surface area contributed by atoms with Crippen LogP contribution in [0.4, 0.5) is 0 Å². The number of aryl methyl sites for hydroxylation is 2. The van der Waals surface area contributed by atoms with E-state index in [1.807, 2.05) is 0 Å². The van der Waals surface area contributed by atoms with E-state index in [0.717, 1.165) is 11.3 Å². The number of unbranched alkanes of at least 4 members (excludes halogenated alkanes) is 1. The Hall–Kier alpha value is -0.340. The lowest BCUT2D eigenvalue weighted by Crippen LogP contribution is -2.05. The summed E-state index contributed by atoms with van der Waals surface area (Å²) in [4.78, 5) is 2.48. The van der Waals surface area contributed by atoms with Crippen LogP contribution in [0.1, 0.15) is 67.4 Å². The smallest absolute Gasteiger partial charge is 0.0884 e. The third kappa shape index (κ3) is 4.44. The summed E-state index contributed by atoms with van der Waals surface area (Å²) in [6.45, 7) is 8.72. The highest BCUT2D eigenvalue weighted by Crippen LogP contribution is 2.32. The Labute approximate surface area is 110 Å². The van der Waals surface area contributed by atoms with Crippen LogP contribution in [0, 0.1) is 19.8 Å². The normalized spacial score (nSPS) is 14.9. The van der Waals surface area contributed by atoms with E-state index < -0.39 is 0 Å². The summed E-state index contributed by atoms with van der Waals surface area (Å²) >= 11 is 1.75. The molecule has 1 nitrogen and oxygen atoms in total. The van der Waals surface area contributed by atoms with Crippen molar-refractivity contribution < 1.29 is 5.11 Å². The first-order valence-electron chi connectivity index (χ1n) is 6.83. The van der Waals surface area contributed by atoms with Gasteiger partial charge in [0.15, 0.2) is 0 Å². The Morgan fingerprint density at radius 2 is 2.00 bits per heavy atom. The number of hydrogen-bond donors (Lipinski definition) is 1. The van der Waals surface area contributed by atoms with Gasteiger partial charge in [0.1, 0.15) is 0 Å². The first-order chi connectivity index (χ1) is 8.08. The van der Waals surface area contributed by atoms with Crippen LogP contribution in [0.5, 0.6) is 0 Å². The maximum atomic E-state index is 10.3. The van der Waals surface area contributed by atoms with Crippen LogP contribution in [-0.4, -0.2) is 5.11 Å². The zero-order chi connectivity index (χ0) is 12.8. The summed E-state index contributed by atoms with van der Waals surface area (Å²) in [5.41, 5.74) is 1.31. The lowest BCUT2D eigenvalue weighted by atomic mass is 9.92. The molecule has 0 amide bonds. The molecule has 98 valence electrons. The topological polar surface area (TPSA) is 20.2 Å². The van der Waals surface area contributed by atoms with Crippen LogP contribution in [0.2, 0.25) is 0 Å². The molecule has 1 heterocycles. The third-order valence-corrected chi connectivity index (χ3v) is 4.87. The molecular weight excluding hydrogens is 228 g/mol. The molecule has 0 saturated heterocycles. The molecule has 2 heteroatoms.